The molecule has 1 unspecified atom stereocenters. The third-order valence-electron chi connectivity index (χ3n) is 2.31. The first kappa shape index (κ1) is 12.1. The van der Waals surface area contributed by atoms with Crippen molar-refractivity contribution < 1.29 is 8.78 Å². The Morgan fingerprint density at radius 3 is 2.35 bits per heavy atom. The van der Waals surface area contributed by atoms with Gasteiger partial charge in [-0.2, -0.15) is 0 Å². The Morgan fingerprint density at radius 2 is 1.82 bits per heavy atom. The molecule has 0 spiro atoms. The smallest absolute Gasteiger partial charge is 0.126 e. The zero-order valence-electron chi connectivity index (χ0n) is 9.50. The minimum absolute atomic E-state index is 0.206. The van der Waals surface area contributed by atoms with Gasteiger partial charge in [-0.25, -0.2) is 13.8 Å². The molecule has 17 heavy (non-hydrogen) atoms. The second kappa shape index (κ2) is 4.50. The minimum Gasteiger partial charge on any atom is -0.323 e. The first-order valence-corrected chi connectivity index (χ1v) is 5.98. The molecule has 0 saturated heterocycles. The van der Waals surface area contributed by atoms with Crippen LogP contribution in [0.4, 0.5) is 8.78 Å². The summed E-state index contributed by atoms with van der Waals surface area (Å²) >= 11 is 1.45. The average molecular weight is 254 g/mol. The predicted octanol–water partition coefficient (Wildman–Crippen LogP) is 3.42. The lowest BCUT2D eigenvalue weighted by Crippen LogP contribution is -2.04. The molecule has 5 heteroatoms. The van der Waals surface area contributed by atoms with E-state index in [0.717, 1.165) is 16.0 Å². The first-order valence-electron chi connectivity index (χ1n) is 5.16. The molecule has 2 rings (SSSR count). The van der Waals surface area contributed by atoms with Crippen LogP contribution in [0.25, 0.3) is 11.3 Å². The molecule has 1 aromatic heterocycles. The van der Waals surface area contributed by atoms with Crippen molar-refractivity contribution in [2.75, 3.05) is 0 Å². The van der Waals surface area contributed by atoms with E-state index in [1.54, 1.807) is 0 Å². The van der Waals surface area contributed by atoms with Crippen LogP contribution in [0.15, 0.2) is 18.2 Å². The Morgan fingerprint density at radius 1 is 1.24 bits per heavy atom. The van der Waals surface area contributed by atoms with Crippen LogP contribution in [-0.2, 0) is 0 Å². The molecule has 0 aliphatic heterocycles. The zero-order chi connectivity index (χ0) is 12.6. The number of halogens is 2. The number of aromatic nitrogens is 1. The van der Waals surface area contributed by atoms with Gasteiger partial charge >= 0.3 is 0 Å². The second-order valence-corrected chi connectivity index (χ2v) is 5.13. The van der Waals surface area contributed by atoms with Gasteiger partial charge in [0.25, 0.3) is 0 Å². The van der Waals surface area contributed by atoms with Crippen molar-refractivity contribution in [3.05, 3.63) is 39.7 Å². The lowest BCUT2D eigenvalue weighted by Gasteiger charge is -2.05. The number of aryl methyl sites for hydroxylation is 1. The molecule has 0 aliphatic rings. The normalized spacial score (nSPS) is 12.8. The van der Waals surface area contributed by atoms with Crippen molar-refractivity contribution in [2.24, 2.45) is 5.73 Å². The molecular weight excluding hydrogens is 242 g/mol. The van der Waals surface area contributed by atoms with E-state index >= 15 is 0 Å². The molecule has 0 amide bonds. The SMILES string of the molecule is Cc1nc(-c2cc(F)cc(F)c2)c(C(C)N)s1. The van der Waals surface area contributed by atoms with Crippen molar-refractivity contribution in [1.29, 1.82) is 0 Å². The fourth-order valence-corrected chi connectivity index (χ4v) is 2.55. The molecule has 0 aliphatic carbocycles. The first-order chi connectivity index (χ1) is 7.97. The van der Waals surface area contributed by atoms with Crippen molar-refractivity contribution in [2.45, 2.75) is 19.9 Å². The van der Waals surface area contributed by atoms with Crippen LogP contribution in [0.2, 0.25) is 0 Å². The summed E-state index contributed by atoms with van der Waals surface area (Å²) < 4.78 is 26.3. The standard InChI is InChI=1S/C12H12F2N2S/c1-6(15)12-11(16-7(2)17-12)8-3-9(13)5-10(14)4-8/h3-6H,15H2,1-2H3. The molecule has 0 fully saturated rings. The van der Waals surface area contributed by atoms with Crippen LogP contribution < -0.4 is 5.73 Å². The van der Waals surface area contributed by atoms with Gasteiger partial charge in [0.2, 0.25) is 0 Å². The van der Waals surface area contributed by atoms with Crippen molar-refractivity contribution in [3.8, 4) is 11.3 Å². The van der Waals surface area contributed by atoms with Crippen LogP contribution >= 0.6 is 11.3 Å². The van der Waals surface area contributed by atoms with Gasteiger partial charge < -0.3 is 5.73 Å². The van der Waals surface area contributed by atoms with E-state index in [2.05, 4.69) is 4.98 Å². The molecule has 1 atom stereocenters. The maximum Gasteiger partial charge on any atom is 0.126 e. The van der Waals surface area contributed by atoms with Gasteiger partial charge in [-0.1, -0.05) is 0 Å². The number of thiazole rings is 1. The van der Waals surface area contributed by atoms with E-state index in [0.29, 0.717) is 11.3 Å². The van der Waals surface area contributed by atoms with Crippen LogP contribution in [0.3, 0.4) is 0 Å². The average Bonchev–Trinajstić information content (AvgIpc) is 2.59. The molecule has 0 saturated carbocycles. The largest absolute Gasteiger partial charge is 0.323 e. The Kier molecular flexibility index (Phi) is 3.22. The highest BCUT2D eigenvalue weighted by Crippen LogP contribution is 2.32. The van der Waals surface area contributed by atoms with Crippen molar-refractivity contribution >= 4 is 11.3 Å². The summed E-state index contributed by atoms with van der Waals surface area (Å²) in [5.41, 5.74) is 6.82. The summed E-state index contributed by atoms with van der Waals surface area (Å²) in [5.74, 6) is -1.22. The molecule has 0 bridgehead atoms. The van der Waals surface area contributed by atoms with E-state index in [1.165, 1.54) is 23.5 Å². The highest BCUT2D eigenvalue weighted by Gasteiger charge is 2.15. The van der Waals surface area contributed by atoms with Crippen molar-refractivity contribution in [3.63, 3.8) is 0 Å². The number of hydrogen-bond donors (Lipinski definition) is 1. The third kappa shape index (κ3) is 2.50. The van der Waals surface area contributed by atoms with Crippen LogP contribution in [0, 0.1) is 18.6 Å². The van der Waals surface area contributed by atoms with Gasteiger partial charge in [0.05, 0.1) is 10.7 Å². The van der Waals surface area contributed by atoms with E-state index < -0.39 is 11.6 Å². The van der Waals surface area contributed by atoms with E-state index in [-0.39, 0.29) is 6.04 Å². The maximum absolute atomic E-state index is 13.2. The highest BCUT2D eigenvalue weighted by atomic mass is 32.1. The summed E-state index contributed by atoms with van der Waals surface area (Å²) in [5, 5.41) is 0.831. The van der Waals surface area contributed by atoms with E-state index in [9.17, 15) is 8.78 Å². The minimum atomic E-state index is -0.610. The molecular formula is C12H12F2N2S. The van der Waals surface area contributed by atoms with Crippen molar-refractivity contribution in [1.82, 2.24) is 4.98 Å². The Labute approximate surface area is 102 Å². The highest BCUT2D eigenvalue weighted by molar-refractivity contribution is 7.12. The molecule has 0 radical (unpaired) electrons. The second-order valence-electron chi connectivity index (χ2n) is 3.89. The lowest BCUT2D eigenvalue weighted by molar-refractivity contribution is 0.584. The topological polar surface area (TPSA) is 38.9 Å². The molecule has 1 aromatic carbocycles. The zero-order valence-corrected chi connectivity index (χ0v) is 10.3. The molecule has 2 N–H and O–H groups in total. The number of nitrogens with two attached hydrogens (primary N) is 1. The maximum atomic E-state index is 13.2. The molecule has 1 heterocycles. The fraction of sp³-hybridized carbons (Fsp3) is 0.250. The molecule has 2 aromatic rings. The lowest BCUT2D eigenvalue weighted by atomic mass is 10.1. The fourth-order valence-electron chi connectivity index (χ4n) is 1.65. The Bertz CT molecular complexity index is 529. The van der Waals surface area contributed by atoms with Gasteiger partial charge in [0.1, 0.15) is 11.6 Å². The van der Waals surface area contributed by atoms with Crippen LogP contribution in [-0.4, -0.2) is 4.98 Å². The summed E-state index contributed by atoms with van der Waals surface area (Å²) in [4.78, 5) is 5.13. The van der Waals surface area contributed by atoms with E-state index in [1.807, 2.05) is 13.8 Å². The van der Waals surface area contributed by atoms with E-state index in [4.69, 9.17) is 5.73 Å². The Balaban J connectivity index is 2.59. The predicted molar refractivity (Wildman–Crippen MR) is 64.8 cm³/mol. The van der Waals surface area contributed by atoms with Gasteiger partial charge in [-0.05, 0) is 26.0 Å². The van der Waals surface area contributed by atoms with Crippen LogP contribution in [0.5, 0.6) is 0 Å². The monoisotopic (exact) mass is 254 g/mol. The summed E-state index contributed by atoms with van der Waals surface area (Å²) in [6.07, 6.45) is 0. The molecule has 90 valence electrons. The molecule has 2 nitrogen and oxygen atoms in total. The number of nitrogens with zero attached hydrogens (tertiary/aromatic N) is 1. The van der Waals surface area contributed by atoms with Gasteiger partial charge in [0, 0.05) is 22.5 Å². The summed E-state index contributed by atoms with van der Waals surface area (Å²) in [7, 11) is 0. The van der Waals surface area contributed by atoms with Gasteiger partial charge in [-0.15, -0.1) is 11.3 Å². The summed E-state index contributed by atoms with van der Waals surface area (Å²) in [6.45, 7) is 3.67. The van der Waals surface area contributed by atoms with Gasteiger partial charge in [-0.3, -0.25) is 0 Å². The van der Waals surface area contributed by atoms with Gasteiger partial charge in [0.15, 0.2) is 0 Å². The summed E-state index contributed by atoms with van der Waals surface area (Å²) in [6, 6.07) is 3.17. The number of hydrogen-bond acceptors (Lipinski definition) is 3. The number of rotatable bonds is 2. The number of benzene rings is 1. The Hall–Kier alpha value is -1.33. The van der Waals surface area contributed by atoms with Crippen LogP contribution in [0.1, 0.15) is 22.9 Å². The quantitative estimate of drug-likeness (QED) is 0.891. The third-order valence-corrected chi connectivity index (χ3v) is 3.48.